The Labute approximate surface area is 103 Å². The van der Waals surface area contributed by atoms with E-state index >= 15 is 0 Å². The zero-order chi connectivity index (χ0) is 13.4. The maximum atomic E-state index is 11.5. The van der Waals surface area contributed by atoms with Gasteiger partial charge >= 0.3 is 0 Å². The molecule has 0 saturated carbocycles. The van der Waals surface area contributed by atoms with Crippen molar-refractivity contribution < 1.29 is 9.59 Å². The fraction of sp³-hybridized carbons (Fsp3) is 0. The van der Waals surface area contributed by atoms with E-state index in [1.165, 1.54) is 12.3 Å². The van der Waals surface area contributed by atoms with Gasteiger partial charge in [0.1, 0.15) is 12.8 Å². The predicted octanol–water partition coefficient (Wildman–Crippen LogP) is -0.0152. The van der Waals surface area contributed by atoms with Gasteiger partial charge < -0.3 is 21.2 Å². The number of anilines is 1. The Morgan fingerprint density at radius 2 is 2.28 bits per heavy atom. The van der Waals surface area contributed by atoms with E-state index in [4.69, 9.17) is 11.0 Å². The second-order valence-electron chi connectivity index (χ2n) is 3.08. The molecule has 0 saturated heterocycles. The molecule has 0 bridgehead atoms. The van der Waals surface area contributed by atoms with Crippen molar-refractivity contribution in [3.63, 3.8) is 0 Å². The zero-order valence-corrected chi connectivity index (χ0v) is 9.25. The minimum Gasteiger partial charge on any atom is -0.369 e. The van der Waals surface area contributed by atoms with Crippen molar-refractivity contribution in [2.45, 2.75) is 0 Å². The number of rotatable bonds is 4. The van der Waals surface area contributed by atoms with E-state index in [9.17, 15) is 9.59 Å². The number of nitrogens with zero attached hydrogens (tertiary/aromatic N) is 2. The Balaban J connectivity index is 2.79. The first-order valence-corrected chi connectivity index (χ1v) is 4.84. The van der Waals surface area contributed by atoms with Crippen molar-refractivity contribution in [3.8, 4) is 6.19 Å². The van der Waals surface area contributed by atoms with Crippen molar-refractivity contribution in [1.82, 2.24) is 5.32 Å². The maximum Gasteiger partial charge on any atom is 0.252 e. The summed E-state index contributed by atoms with van der Waals surface area (Å²) < 4.78 is 0. The van der Waals surface area contributed by atoms with E-state index in [0.717, 1.165) is 6.54 Å². The molecule has 7 nitrogen and oxygen atoms in total. The molecule has 0 aliphatic heterocycles. The Kier molecular flexibility index (Phi) is 4.87. The largest absolute Gasteiger partial charge is 0.369 e. The summed E-state index contributed by atoms with van der Waals surface area (Å²) in [5.41, 5.74) is 6.23. The van der Waals surface area contributed by atoms with Gasteiger partial charge in [-0.05, 0) is 18.2 Å². The van der Waals surface area contributed by atoms with Crippen molar-refractivity contribution in [1.29, 1.82) is 5.26 Å². The normalized spacial score (nSPS) is 10.3. The molecule has 1 radical (unpaired) electrons. The van der Waals surface area contributed by atoms with Crippen LogP contribution < -0.4 is 16.4 Å². The van der Waals surface area contributed by atoms with Gasteiger partial charge in [-0.3, -0.25) is 4.79 Å². The highest BCUT2D eigenvalue weighted by Gasteiger charge is 2.05. The number of aliphatic imine (C=N–C) groups is 1. The molecule has 1 aromatic rings. The van der Waals surface area contributed by atoms with Gasteiger partial charge in [0, 0.05) is 11.3 Å². The summed E-state index contributed by atoms with van der Waals surface area (Å²) >= 11 is 0. The smallest absolute Gasteiger partial charge is 0.252 e. The molecule has 91 valence electrons. The number of nitrogens with one attached hydrogen (secondary N) is 2. The molecule has 1 aromatic carbocycles. The van der Waals surface area contributed by atoms with Crippen LogP contribution in [-0.2, 0) is 4.79 Å². The summed E-state index contributed by atoms with van der Waals surface area (Å²) in [7, 11) is 0. The SMILES string of the molecule is N#CN=C(N)Nc1cccc(C(=O)N[CH]C=O)c1. The number of guanidine groups is 1. The van der Waals surface area contributed by atoms with Gasteiger partial charge in [0.15, 0.2) is 0 Å². The lowest BCUT2D eigenvalue weighted by molar-refractivity contribution is -0.105. The summed E-state index contributed by atoms with van der Waals surface area (Å²) in [5.74, 6) is -0.504. The number of benzene rings is 1. The molecule has 4 N–H and O–H groups in total. The van der Waals surface area contributed by atoms with Gasteiger partial charge in [-0.1, -0.05) is 6.07 Å². The second kappa shape index (κ2) is 6.65. The molecule has 0 fully saturated rings. The molecule has 0 heterocycles. The molecular formula is C11H10N5O2. The number of hydrogen-bond donors (Lipinski definition) is 3. The van der Waals surface area contributed by atoms with Crippen LogP contribution >= 0.6 is 0 Å². The zero-order valence-electron chi connectivity index (χ0n) is 9.25. The number of hydrogen-bond acceptors (Lipinski definition) is 4. The molecule has 0 spiro atoms. The van der Waals surface area contributed by atoms with Crippen LogP contribution in [0.2, 0.25) is 0 Å². The second-order valence-corrected chi connectivity index (χ2v) is 3.08. The van der Waals surface area contributed by atoms with Crippen molar-refractivity contribution >= 4 is 23.8 Å². The molecule has 18 heavy (non-hydrogen) atoms. The third-order valence-electron chi connectivity index (χ3n) is 1.85. The fourth-order valence-electron chi connectivity index (χ4n) is 1.16. The third kappa shape index (κ3) is 3.94. The van der Waals surface area contributed by atoms with Gasteiger partial charge in [0.05, 0.1) is 0 Å². The highest BCUT2D eigenvalue weighted by Crippen LogP contribution is 2.10. The van der Waals surface area contributed by atoms with Gasteiger partial charge in [0.2, 0.25) is 12.2 Å². The minimum atomic E-state index is -0.429. The molecule has 0 aliphatic rings. The quantitative estimate of drug-likeness (QED) is 0.297. The average molecular weight is 244 g/mol. The van der Waals surface area contributed by atoms with E-state index in [-0.39, 0.29) is 5.96 Å². The summed E-state index contributed by atoms with van der Waals surface area (Å²) in [6.07, 6.45) is 2.00. The van der Waals surface area contributed by atoms with Crippen LogP contribution in [0, 0.1) is 18.0 Å². The summed E-state index contributed by atoms with van der Waals surface area (Å²) in [4.78, 5) is 24.9. The van der Waals surface area contributed by atoms with E-state index < -0.39 is 5.91 Å². The molecule has 0 aliphatic carbocycles. The molecular weight excluding hydrogens is 234 g/mol. The average Bonchev–Trinajstić information content (AvgIpc) is 2.36. The lowest BCUT2D eigenvalue weighted by Crippen LogP contribution is -2.23. The van der Waals surface area contributed by atoms with E-state index in [1.54, 1.807) is 18.2 Å². The summed E-state index contributed by atoms with van der Waals surface area (Å²) in [6.45, 7) is 0.994. The number of carbonyl (C=O) groups excluding carboxylic acids is 2. The van der Waals surface area contributed by atoms with E-state index in [2.05, 4.69) is 15.6 Å². The Morgan fingerprint density at radius 1 is 1.50 bits per heavy atom. The molecule has 1 rings (SSSR count). The molecule has 0 atom stereocenters. The van der Waals surface area contributed by atoms with Crippen LogP contribution in [0.5, 0.6) is 0 Å². The Hall–Kier alpha value is -2.88. The molecule has 0 aromatic heterocycles. The number of nitrogens with two attached hydrogens (primary N) is 1. The number of carbonyl (C=O) groups is 2. The van der Waals surface area contributed by atoms with Crippen LogP contribution in [0.4, 0.5) is 5.69 Å². The molecule has 0 unspecified atom stereocenters. The number of amides is 1. The van der Waals surface area contributed by atoms with E-state index in [0.29, 0.717) is 17.5 Å². The lowest BCUT2D eigenvalue weighted by atomic mass is 10.2. The number of aldehydes is 1. The lowest BCUT2D eigenvalue weighted by Gasteiger charge is -2.06. The van der Waals surface area contributed by atoms with Crippen molar-refractivity contribution in [3.05, 3.63) is 36.4 Å². The van der Waals surface area contributed by atoms with Crippen molar-refractivity contribution in [2.24, 2.45) is 10.7 Å². The standard InChI is InChI=1S/C11H10N5O2/c12-7-15-11(13)16-9-3-1-2-8(6-9)10(18)14-4-5-17/h1-6H,(H,14,18)(H3,13,15,16). The first kappa shape index (κ1) is 13.2. The van der Waals surface area contributed by atoms with E-state index in [1.807, 2.05) is 0 Å². The van der Waals surface area contributed by atoms with Crippen LogP contribution in [0.3, 0.4) is 0 Å². The van der Waals surface area contributed by atoms with Crippen LogP contribution in [0.15, 0.2) is 29.3 Å². The van der Waals surface area contributed by atoms with Crippen LogP contribution in [0.1, 0.15) is 10.4 Å². The minimum absolute atomic E-state index is 0.0745. The highest BCUT2D eigenvalue weighted by molar-refractivity contribution is 5.98. The van der Waals surface area contributed by atoms with Gasteiger partial charge in [-0.15, -0.1) is 4.99 Å². The summed E-state index contributed by atoms with van der Waals surface area (Å²) in [6, 6.07) is 6.35. The third-order valence-corrected chi connectivity index (χ3v) is 1.85. The van der Waals surface area contributed by atoms with Gasteiger partial charge in [-0.2, -0.15) is 5.26 Å². The monoisotopic (exact) mass is 244 g/mol. The summed E-state index contributed by atoms with van der Waals surface area (Å²) in [5, 5.41) is 13.2. The first-order valence-electron chi connectivity index (χ1n) is 4.84. The highest BCUT2D eigenvalue weighted by atomic mass is 16.2. The number of nitriles is 1. The maximum absolute atomic E-state index is 11.5. The predicted molar refractivity (Wildman–Crippen MR) is 65.1 cm³/mol. The van der Waals surface area contributed by atoms with Gasteiger partial charge in [0.25, 0.3) is 5.91 Å². The van der Waals surface area contributed by atoms with Crippen LogP contribution in [-0.4, -0.2) is 18.2 Å². The topological polar surface area (TPSA) is 120 Å². The van der Waals surface area contributed by atoms with Gasteiger partial charge in [-0.25, -0.2) is 0 Å². The van der Waals surface area contributed by atoms with Crippen molar-refractivity contribution in [2.75, 3.05) is 5.32 Å². The first-order chi connectivity index (χ1) is 8.67. The molecule has 7 heteroatoms. The fourth-order valence-corrected chi connectivity index (χ4v) is 1.16. The van der Waals surface area contributed by atoms with Crippen LogP contribution in [0.25, 0.3) is 0 Å². The molecule has 1 amide bonds. The Morgan fingerprint density at radius 3 is 2.94 bits per heavy atom. The Bertz CT molecular complexity index is 518.